The molecule has 0 saturated heterocycles. The molecule has 0 radical (unpaired) electrons. The van der Waals surface area contributed by atoms with Crippen molar-refractivity contribution < 1.29 is 14.6 Å². The normalized spacial score (nSPS) is 15.3. The Bertz CT molecular complexity index is 785. The minimum absolute atomic E-state index is 0.00482. The summed E-state index contributed by atoms with van der Waals surface area (Å²) in [6.45, 7) is 7.54. The van der Waals surface area contributed by atoms with Gasteiger partial charge < -0.3 is 14.7 Å². The van der Waals surface area contributed by atoms with Crippen LogP contribution in [0.4, 0.5) is 0 Å². The average molecular weight is 358 g/mol. The number of fused-ring (bicyclic) bond motifs is 1. The van der Waals surface area contributed by atoms with E-state index in [0.29, 0.717) is 24.5 Å². The second kappa shape index (κ2) is 7.86. The quantitative estimate of drug-likeness (QED) is 0.884. The van der Waals surface area contributed by atoms with E-state index in [2.05, 4.69) is 10.1 Å². The van der Waals surface area contributed by atoms with E-state index < -0.39 is 6.10 Å². The molecule has 0 bridgehead atoms. The Kier molecular flexibility index (Phi) is 5.56. The molecule has 2 aromatic rings. The first-order valence-corrected chi connectivity index (χ1v) is 9.09. The Morgan fingerprint density at radius 3 is 2.92 bits per heavy atom. The molecule has 1 N–H and O–H groups in total. The van der Waals surface area contributed by atoms with Crippen LogP contribution in [-0.4, -0.2) is 43.8 Å². The molecule has 26 heavy (non-hydrogen) atoms. The Balaban J connectivity index is 1.66. The van der Waals surface area contributed by atoms with Crippen molar-refractivity contribution in [2.24, 2.45) is 0 Å². The monoisotopic (exact) mass is 358 g/mol. The van der Waals surface area contributed by atoms with Gasteiger partial charge in [0.15, 0.2) is 6.61 Å². The van der Waals surface area contributed by atoms with Crippen molar-refractivity contribution in [2.45, 2.75) is 52.8 Å². The van der Waals surface area contributed by atoms with E-state index in [1.165, 1.54) is 0 Å². The van der Waals surface area contributed by atoms with Crippen LogP contribution in [0.2, 0.25) is 0 Å². The van der Waals surface area contributed by atoms with Crippen molar-refractivity contribution in [1.82, 2.24) is 19.7 Å². The second-order valence-corrected chi connectivity index (χ2v) is 6.67. The Morgan fingerprint density at radius 1 is 1.38 bits per heavy atom. The molecule has 140 valence electrons. The van der Waals surface area contributed by atoms with Crippen molar-refractivity contribution >= 4 is 5.91 Å². The van der Waals surface area contributed by atoms with Gasteiger partial charge in [0.25, 0.3) is 5.91 Å². The van der Waals surface area contributed by atoms with E-state index in [1.807, 2.05) is 36.7 Å². The van der Waals surface area contributed by atoms with Gasteiger partial charge in [-0.05, 0) is 44.9 Å². The highest BCUT2D eigenvalue weighted by molar-refractivity contribution is 5.77. The number of aryl methyl sites for hydroxylation is 3. The third-order valence-corrected chi connectivity index (χ3v) is 4.57. The zero-order valence-electron chi connectivity index (χ0n) is 15.6. The van der Waals surface area contributed by atoms with Gasteiger partial charge in [-0.2, -0.15) is 5.10 Å². The van der Waals surface area contributed by atoms with Gasteiger partial charge in [-0.3, -0.25) is 14.5 Å². The second-order valence-electron chi connectivity index (χ2n) is 6.67. The number of aliphatic hydroxyl groups is 1. The number of aromatic nitrogens is 3. The Morgan fingerprint density at radius 2 is 2.19 bits per heavy atom. The highest BCUT2D eigenvalue weighted by Gasteiger charge is 2.22. The number of hydrogen-bond acceptors (Lipinski definition) is 5. The largest absolute Gasteiger partial charge is 0.482 e. The molecule has 0 aliphatic carbocycles. The van der Waals surface area contributed by atoms with Crippen molar-refractivity contribution in [3.8, 4) is 5.75 Å². The number of hydrogen-bond donors (Lipinski definition) is 1. The molecule has 0 spiro atoms. The van der Waals surface area contributed by atoms with E-state index in [4.69, 9.17) is 4.74 Å². The molecule has 1 aliphatic heterocycles. The molecule has 0 fully saturated rings. The molecule has 0 saturated carbocycles. The third-order valence-electron chi connectivity index (χ3n) is 4.57. The van der Waals surface area contributed by atoms with Crippen LogP contribution >= 0.6 is 0 Å². The molecule has 7 heteroatoms. The molecule has 0 aromatic carbocycles. The lowest BCUT2D eigenvalue weighted by atomic mass is 10.2. The molecule has 1 aliphatic rings. The van der Waals surface area contributed by atoms with Gasteiger partial charge in [0.1, 0.15) is 5.75 Å². The molecular weight excluding hydrogens is 332 g/mol. The summed E-state index contributed by atoms with van der Waals surface area (Å²) in [5.41, 5.74) is 3.39. The summed E-state index contributed by atoms with van der Waals surface area (Å²) in [6.07, 6.45) is 0.978. The summed E-state index contributed by atoms with van der Waals surface area (Å²) in [5.74, 6) is 0.614. The number of aliphatic hydroxyl groups excluding tert-OH is 1. The zero-order chi connectivity index (χ0) is 18.7. The van der Waals surface area contributed by atoms with Gasteiger partial charge >= 0.3 is 0 Å². The van der Waals surface area contributed by atoms with Crippen LogP contribution in [0.25, 0.3) is 0 Å². The molecule has 1 amide bonds. The fourth-order valence-corrected chi connectivity index (χ4v) is 3.11. The van der Waals surface area contributed by atoms with E-state index in [1.54, 1.807) is 11.8 Å². The van der Waals surface area contributed by atoms with Gasteiger partial charge in [-0.1, -0.05) is 6.92 Å². The standard InChI is InChI=1S/C19H26N4O3/c1-4-16-18(7-6-13(2)20-16)26-12-19(25)22-8-5-9-23-15(11-22)10-17(21-23)14(3)24/h6-7,10,14,24H,4-5,8-9,11-12H2,1-3H3. The lowest BCUT2D eigenvalue weighted by Crippen LogP contribution is -2.34. The molecule has 3 heterocycles. The molecule has 7 nitrogen and oxygen atoms in total. The van der Waals surface area contributed by atoms with Crippen molar-refractivity contribution in [2.75, 3.05) is 13.2 Å². The highest BCUT2D eigenvalue weighted by Crippen LogP contribution is 2.20. The molecule has 1 atom stereocenters. The Labute approximate surface area is 153 Å². The molecule has 3 rings (SSSR count). The predicted octanol–water partition coefficient (Wildman–Crippen LogP) is 2.01. The van der Waals surface area contributed by atoms with Gasteiger partial charge in [-0.25, -0.2) is 0 Å². The van der Waals surface area contributed by atoms with Crippen molar-refractivity contribution in [3.05, 3.63) is 41.0 Å². The first-order valence-electron chi connectivity index (χ1n) is 9.09. The van der Waals surface area contributed by atoms with Crippen LogP contribution in [0.5, 0.6) is 5.75 Å². The van der Waals surface area contributed by atoms with Crippen molar-refractivity contribution in [3.63, 3.8) is 0 Å². The summed E-state index contributed by atoms with van der Waals surface area (Å²) in [5, 5.41) is 14.1. The SMILES string of the molecule is CCc1nc(C)ccc1OCC(=O)N1CCCn2nc(C(C)O)cc2C1. The number of amides is 1. The van der Waals surface area contributed by atoms with Crippen LogP contribution in [0.15, 0.2) is 18.2 Å². The maximum atomic E-state index is 12.6. The van der Waals surface area contributed by atoms with E-state index in [-0.39, 0.29) is 12.5 Å². The first kappa shape index (κ1) is 18.4. The summed E-state index contributed by atoms with van der Waals surface area (Å²) in [6, 6.07) is 5.64. The highest BCUT2D eigenvalue weighted by atomic mass is 16.5. The lowest BCUT2D eigenvalue weighted by molar-refractivity contribution is -0.134. The number of ether oxygens (including phenoxy) is 1. The van der Waals surface area contributed by atoms with Crippen LogP contribution in [0.3, 0.4) is 0 Å². The maximum absolute atomic E-state index is 12.6. The minimum Gasteiger partial charge on any atom is -0.482 e. The first-order chi connectivity index (χ1) is 12.5. The van der Waals surface area contributed by atoms with E-state index in [9.17, 15) is 9.90 Å². The molecule has 1 unspecified atom stereocenters. The molecule has 2 aromatic heterocycles. The summed E-state index contributed by atoms with van der Waals surface area (Å²) < 4.78 is 7.64. The third kappa shape index (κ3) is 4.04. The summed E-state index contributed by atoms with van der Waals surface area (Å²) >= 11 is 0. The zero-order valence-corrected chi connectivity index (χ0v) is 15.6. The van der Waals surface area contributed by atoms with E-state index in [0.717, 1.165) is 36.5 Å². The smallest absolute Gasteiger partial charge is 0.260 e. The number of carbonyl (C=O) groups is 1. The average Bonchev–Trinajstić information content (AvgIpc) is 2.92. The number of pyridine rings is 1. The number of rotatable bonds is 5. The predicted molar refractivity (Wildman–Crippen MR) is 96.7 cm³/mol. The van der Waals surface area contributed by atoms with Crippen LogP contribution in [0.1, 0.15) is 49.1 Å². The van der Waals surface area contributed by atoms with Crippen LogP contribution in [0, 0.1) is 6.92 Å². The summed E-state index contributed by atoms with van der Waals surface area (Å²) in [7, 11) is 0. The Hall–Kier alpha value is -2.41. The molecular formula is C19H26N4O3. The van der Waals surface area contributed by atoms with Crippen LogP contribution in [-0.2, 0) is 24.3 Å². The summed E-state index contributed by atoms with van der Waals surface area (Å²) in [4.78, 5) is 18.9. The van der Waals surface area contributed by atoms with Crippen LogP contribution < -0.4 is 4.74 Å². The fraction of sp³-hybridized carbons (Fsp3) is 0.526. The van der Waals surface area contributed by atoms with Gasteiger partial charge in [0, 0.05) is 18.8 Å². The van der Waals surface area contributed by atoms with Crippen molar-refractivity contribution in [1.29, 1.82) is 0 Å². The topological polar surface area (TPSA) is 80.5 Å². The number of nitrogens with zero attached hydrogens (tertiary/aromatic N) is 4. The van der Waals surface area contributed by atoms with Gasteiger partial charge in [0.05, 0.1) is 29.7 Å². The number of carbonyl (C=O) groups excluding carboxylic acids is 1. The lowest BCUT2D eigenvalue weighted by Gasteiger charge is -2.20. The van der Waals surface area contributed by atoms with Gasteiger partial charge in [-0.15, -0.1) is 0 Å². The van der Waals surface area contributed by atoms with Gasteiger partial charge in [0.2, 0.25) is 0 Å². The maximum Gasteiger partial charge on any atom is 0.260 e. The van der Waals surface area contributed by atoms with E-state index >= 15 is 0 Å². The minimum atomic E-state index is -0.608. The fourth-order valence-electron chi connectivity index (χ4n) is 3.11.